The molecule has 1 amide bonds. The normalized spacial score (nSPS) is 25.8. The smallest absolute Gasteiger partial charge is 0.251 e. The molecule has 0 N–H and O–H groups in total. The van der Waals surface area contributed by atoms with E-state index < -0.39 is 9.84 Å². The summed E-state index contributed by atoms with van der Waals surface area (Å²) in [4.78, 5) is 18.7. The predicted molar refractivity (Wildman–Crippen MR) is 102 cm³/mol. The van der Waals surface area contributed by atoms with Gasteiger partial charge in [-0.05, 0) is 30.5 Å². The van der Waals surface area contributed by atoms with Crippen molar-refractivity contribution < 1.29 is 17.6 Å². The molecule has 26 heavy (non-hydrogen) atoms. The van der Waals surface area contributed by atoms with Crippen molar-refractivity contribution in [1.82, 2.24) is 4.90 Å². The average Bonchev–Trinajstić information content (AvgIpc) is 3.03. The van der Waals surface area contributed by atoms with Gasteiger partial charge >= 0.3 is 0 Å². The van der Waals surface area contributed by atoms with Crippen LogP contribution in [0.15, 0.2) is 29.3 Å². The van der Waals surface area contributed by atoms with Crippen molar-refractivity contribution in [2.45, 2.75) is 44.5 Å². The lowest BCUT2D eigenvalue weighted by molar-refractivity contribution is -0.121. The fraction of sp³-hybridized carbons (Fsp3) is 0.556. The zero-order chi connectivity index (χ0) is 18.9. The van der Waals surface area contributed by atoms with Crippen molar-refractivity contribution in [3.63, 3.8) is 0 Å². The lowest BCUT2D eigenvalue weighted by Crippen LogP contribution is -2.37. The van der Waals surface area contributed by atoms with E-state index in [1.165, 1.54) is 23.9 Å². The van der Waals surface area contributed by atoms with E-state index in [2.05, 4.69) is 4.99 Å². The highest BCUT2D eigenvalue weighted by Gasteiger charge is 2.48. The van der Waals surface area contributed by atoms with Crippen LogP contribution >= 0.6 is 11.8 Å². The number of nitrogens with zero attached hydrogens (tertiary/aromatic N) is 2. The highest BCUT2D eigenvalue weighted by atomic mass is 32.2. The standard InChI is InChI=1S/C18H23FN2O3S2/c1-3-13(4-2)17(22)20-18-21(9-12-5-7-14(19)8-6-12)15-10-26(23,24)11-16(15)25-18/h5-8,13,15-16H,3-4,9-11H2,1-2H3. The van der Waals surface area contributed by atoms with Gasteiger partial charge in [-0.25, -0.2) is 12.8 Å². The van der Waals surface area contributed by atoms with Crippen LogP contribution in [0.2, 0.25) is 0 Å². The highest BCUT2D eigenvalue weighted by molar-refractivity contribution is 8.15. The van der Waals surface area contributed by atoms with Crippen LogP contribution in [0.4, 0.5) is 4.39 Å². The molecule has 2 unspecified atom stereocenters. The van der Waals surface area contributed by atoms with E-state index in [9.17, 15) is 17.6 Å². The Bertz CT molecular complexity index is 804. The number of sulfone groups is 1. The minimum atomic E-state index is -3.08. The summed E-state index contributed by atoms with van der Waals surface area (Å²) >= 11 is 1.38. The molecule has 0 spiro atoms. The molecule has 2 atom stereocenters. The molecule has 2 aliphatic heterocycles. The first-order chi connectivity index (χ1) is 12.3. The van der Waals surface area contributed by atoms with Gasteiger partial charge in [-0.15, -0.1) is 0 Å². The first kappa shape index (κ1) is 19.4. The molecule has 2 saturated heterocycles. The molecule has 0 radical (unpaired) electrons. The minimum absolute atomic E-state index is 0.0735. The summed E-state index contributed by atoms with van der Waals surface area (Å²) in [5.74, 6) is -0.391. The Balaban J connectivity index is 1.88. The number of rotatable bonds is 5. The zero-order valence-electron chi connectivity index (χ0n) is 14.9. The number of carbonyl (C=O) groups is 1. The van der Waals surface area contributed by atoms with Crippen LogP contribution in [-0.4, -0.2) is 47.2 Å². The molecule has 0 aromatic heterocycles. The van der Waals surface area contributed by atoms with Gasteiger partial charge in [-0.3, -0.25) is 4.79 Å². The second kappa shape index (κ2) is 7.68. The molecule has 5 nitrogen and oxygen atoms in total. The van der Waals surface area contributed by atoms with Gasteiger partial charge in [0.2, 0.25) is 0 Å². The monoisotopic (exact) mass is 398 g/mol. The van der Waals surface area contributed by atoms with Crippen LogP contribution in [0.5, 0.6) is 0 Å². The topological polar surface area (TPSA) is 66.8 Å². The fourth-order valence-electron chi connectivity index (χ4n) is 3.43. The molecular formula is C18H23FN2O3S2. The molecule has 3 rings (SSSR count). The van der Waals surface area contributed by atoms with E-state index >= 15 is 0 Å². The third-order valence-corrected chi connectivity index (χ3v) is 8.23. The first-order valence-electron chi connectivity index (χ1n) is 8.83. The number of fused-ring (bicyclic) bond motifs is 1. The molecule has 0 bridgehead atoms. The summed E-state index contributed by atoms with van der Waals surface area (Å²) in [5, 5.41) is 0.491. The molecule has 0 aliphatic carbocycles. The Hall–Kier alpha value is -1.41. The second-order valence-corrected chi connectivity index (χ2v) is 10.2. The van der Waals surface area contributed by atoms with Gasteiger partial charge in [0.1, 0.15) is 5.82 Å². The Morgan fingerprint density at radius 2 is 1.92 bits per heavy atom. The van der Waals surface area contributed by atoms with Gasteiger partial charge < -0.3 is 4.90 Å². The molecule has 1 aromatic rings. The van der Waals surface area contributed by atoms with Crippen LogP contribution in [0.25, 0.3) is 0 Å². The van der Waals surface area contributed by atoms with Crippen LogP contribution < -0.4 is 0 Å². The number of hydrogen-bond donors (Lipinski definition) is 0. The van der Waals surface area contributed by atoms with Gasteiger partial charge in [0.25, 0.3) is 5.91 Å². The van der Waals surface area contributed by atoms with E-state index in [0.29, 0.717) is 11.7 Å². The van der Waals surface area contributed by atoms with Crippen LogP contribution in [0, 0.1) is 11.7 Å². The zero-order valence-corrected chi connectivity index (χ0v) is 16.5. The summed E-state index contributed by atoms with van der Waals surface area (Å²) in [6, 6.07) is 5.93. The molecule has 2 fully saturated rings. The predicted octanol–water partition coefficient (Wildman–Crippen LogP) is 2.86. The molecular weight excluding hydrogens is 375 g/mol. The lowest BCUT2D eigenvalue weighted by atomic mass is 10.0. The van der Waals surface area contributed by atoms with Gasteiger partial charge in [0, 0.05) is 17.7 Å². The van der Waals surface area contributed by atoms with E-state index in [0.717, 1.165) is 18.4 Å². The van der Waals surface area contributed by atoms with Crippen molar-refractivity contribution in [3.05, 3.63) is 35.6 Å². The Morgan fingerprint density at radius 1 is 1.27 bits per heavy atom. The molecule has 2 heterocycles. The Labute approximate surface area is 158 Å². The number of hydrogen-bond acceptors (Lipinski definition) is 4. The quantitative estimate of drug-likeness (QED) is 0.763. The number of amidine groups is 1. The van der Waals surface area contributed by atoms with Crippen molar-refractivity contribution in [3.8, 4) is 0 Å². The Kier molecular flexibility index (Phi) is 5.72. The van der Waals surface area contributed by atoms with Crippen molar-refractivity contribution in [2.24, 2.45) is 10.9 Å². The summed E-state index contributed by atoms with van der Waals surface area (Å²) in [7, 11) is -3.08. The summed E-state index contributed by atoms with van der Waals surface area (Å²) in [5.41, 5.74) is 0.861. The molecule has 1 aromatic carbocycles. The van der Waals surface area contributed by atoms with E-state index in [1.54, 1.807) is 12.1 Å². The van der Waals surface area contributed by atoms with E-state index in [4.69, 9.17) is 0 Å². The first-order valence-corrected chi connectivity index (χ1v) is 11.5. The van der Waals surface area contributed by atoms with Crippen LogP contribution in [0.3, 0.4) is 0 Å². The van der Waals surface area contributed by atoms with Gasteiger partial charge in [0.05, 0.1) is 17.5 Å². The largest absolute Gasteiger partial charge is 0.342 e. The third kappa shape index (κ3) is 4.11. The maximum atomic E-state index is 13.2. The SMILES string of the molecule is CCC(CC)C(=O)N=C1SC2CS(=O)(=O)CC2N1Cc1ccc(F)cc1. The molecule has 0 saturated carbocycles. The lowest BCUT2D eigenvalue weighted by Gasteiger charge is -2.24. The summed E-state index contributed by atoms with van der Waals surface area (Å²) in [6.07, 6.45) is 1.46. The van der Waals surface area contributed by atoms with E-state index in [1.807, 2.05) is 18.7 Å². The third-order valence-electron chi connectivity index (χ3n) is 4.98. The molecule has 8 heteroatoms. The number of thioether (sulfide) groups is 1. The average molecular weight is 399 g/mol. The van der Waals surface area contributed by atoms with Crippen molar-refractivity contribution in [1.29, 1.82) is 0 Å². The van der Waals surface area contributed by atoms with E-state index in [-0.39, 0.29) is 40.4 Å². The second-order valence-electron chi connectivity index (χ2n) is 6.80. The van der Waals surface area contributed by atoms with Gasteiger partial charge in [-0.2, -0.15) is 4.99 Å². The van der Waals surface area contributed by atoms with Crippen LogP contribution in [0.1, 0.15) is 32.3 Å². The summed E-state index contributed by atoms with van der Waals surface area (Å²) in [6.45, 7) is 4.34. The van der Waals surface area contributed by atoms with Gasteiger partial charge in [0.15, 0.2) is 15.0 Å². The maximum absolute atomic E-state index is 13.2. The van der Waals surface area contributed by atoms with Crippen molar-refractivity contribution >= 4 is 32.7 Å². The maximum Gasteiger partial charge on any atom is 0.251 e. The minimum Gasteiger partial charge on any atom is -0.342 e. The van der Waals surface area contributed by atoms with Crippen LogP contribution in [-0.2, 0) is 21.2 Å². The van der Waals surface area contributed by atoms with Gasteiger partial charge in [-0.1, -0.05) is 37.7 Å². The number of carbonyl (C=O) groups excluding carboxylic acids is 1. The number of benzene rings is 1. The number of aliphatic imine (C=N–C) groups is 1. The number of halogens is 1. The fourth-order valence-corrected chi connectivity index (χ4v) is 7.39. The molecule has 142 valence electrons. The Morgan fingerprint density at radius 3 is 2.54 bits per heavy atom. The number of amides is 1. The highest BCUT2D eigenvalue weighted by Crippen LogP contribution is 2.39. The molecule has 2 aliphatic rings. The summed E-state index contributed by atoms with van der Waals surface area (Å²) < 4.78 is 37.2. The van der Waals surface area contributed by atoms with Crippen molar-refractivity contribution in [2.75, 3.05) is 11.5 Å².